The molecule has 3 N–H and O–H groups in total. The minimum absolute atomic E-state index is 0.107. The minimum atomic E-state index is -0.799. The zero-order valence-corrected chi connectivity index (χ0v) is 15.1. The molecule has 0 spiro atoms. The molecule has 27 heavy (non-hydrogen) atoms. The lowest BCUT2D eigenvalue weighted by atomic mass is 10.1. The van der Waals surface area contributed by atoms with Crippen molar-refractivity contribution in [3.63, 3.8) is 0 Å². The summed E-state index contributed by atoms with van der Waals surface area (Å²) in [6.45, 7) is 0.545. The largest absolute Gasteiger partial charge is 0.389 e. The molecule has 1 aromatic heterocycles. The SMILES string of the molecule is NC(=O)c1ccc(-c2nnn(C[C@H](O)COCc3ccccc3Cl)n2)cc1. The standard InChI is InChI=1S/C18H18ClN5O3/c19-16-4-2-1-3-14(16)10-27-11-15(25)9-24-22-18(21-23-24)13-7-5-12(6-8-13)17(20)26/h1-8,15,25H,9-11H2,(H2,20,26)/t15-/m0/s1. The highest BCUT2D eigenvalue weighted by Gasteiger charge is 2.11. The third kappa shape index (κ3) is 5.10. The number of carbonyl (C=O) groups is 1. The number of tetrazole rings is 1. The van der Waals surface area contributed by atoms with Gasteiger partial charge in [-0.05, 0) is 29.0 Å². The number of nitrogens with two attached hydrogens (primary N) is 1. The van der Waals surface area contributed by atoms with E-state index in [9.17, 15) is 9.90 Å². The number of hydrogen-bond acceptors (Lipinski definition) is 6. The van der Waals surface area contributed by atoms with Crippen LogP contribution in [0.4, 0.5) is 0 Å². The second-order valence-electron chi connectivity index (χ2n) is 5.87. The lowest BCUT2D eigenvalue weighted by molar-refractivity contribution is 0.0165. The van der Waals surface area contributed by atoms with Crippen molar-refractivity contribution >= 4 is 17.5 Å². The molecule has 140 valence electrons. The summed E-state index contributed by atoms with van der Waals surface area (Å²) in [7, 11) is 0. The lowest BCUT2D eigenvalue weighted by Gasteiger charge is -2.11. The van der Waals surface area contributed by atoms with Crippen LogP contribution in [0.5, 0.6) is 0 Å². The monoisotopic (exact) mass is 387 g/mol. The molecule has 3 aromatic rings. The van der Waals surface area contributed by atoms with E-state index in [0.29, 0.717) is 28.6 Å². The number of nitrogens with zero attached hydrogens (tertiary/aromatic N) is 4. The highest BCUT2D eigenvalue weighted by molar-refractivity contribution is 6.31. The van der Waals surface area contributed by atoms with E-state index < -0.39 is 12.0 Å². The average Bonchev–Trinajstić information content (AvgIpc) is 3.12. The molecule has 1 amide bonds. The maximum absolute atomic E-state index is 11.1. The first-order chi connectivity index (χ1) is 13.0. The predicted octanol–water partition coefficient (Wildman–Crippen LogP) is 1.67. The Morgan fingerprint density at radius 1 is 1.22 bits per heavy atom. The molecule has 0 aliphatic heterocycles. The third-order valence-electron chi connectivity index (χ3n) is 3.78. The molecule has 1 heterocycles. The van der Waals surface area contributed by atoms with Gasteiger partial charge in [0, 0.05) is 16.1 Å². The molecule has 0 bridgehead atoms. The minimum Gasteiger partial charge on any atom is -0.389 e. The number of aromatic nitrogens is 4. The van der Waals surface area contributed by atoms with Crippen LogP contribution in [0.2, 0.25) is 5.02 Å². The highest BCUT2D eigenvalue weighted by atomic mass is 35.5. The summed E-state index contributed by atoms with van der Waals surface area (Å²) in [6.07, 6.45) is -0.799. The molecule has 9 heteroatoms. The Kier molecular flexibility index (Phi) is 6.12. The van der Waals surface area contributed by atoms with E-state index in [-0.39, 0.29) is 13.2 Å². The van der Waals surface area contributed by atoms with E-state index in [2.05, 4.69) is 15.4 Å². The number of carbonyl (C=O) groups excluding carboxylic acids is 1. The van der Waals surface area contributed by atoms with E-state index in [4.69, 9.17) is 22.1 Å². The van der Waals surface area contributed by atoms with Crippen LogP contribution < -0.4 is 5.73 Å². The third-order valence-corrected chi connectivity index (χ3v) is 4.15. The number of aliphatic hydroxyl groups excluding tert-OH is 1. The topological polar surface area (TPSA) is 116 Å². The zero-order valence-electron chi connectivity index (χ0n) is 14.3. The van der Waals surface area contributed by atoms with Crippen molar-refractivity contribution in [1.82, 2.24) is 20.2 Å². The van der Waals surface area contributed by atoms with Crippen molar-refractivity contribution in [1.29, 1.82) is 0 Å². The van der Waals surface area contributed by atoms with Crippen molar-refractivity contribution in [3.05, 3.63) is 64.7 Å². The molecule has 0 saturated heterocycles. The van der Waals surface area contributed by atoms with Crippen molar-refractivity contribution in [2.75, 3.05) is 6.61 Å². The van der Waals surface area contributed by atoms with Gasteiger partial charge in [0.2, 0.25) is 11.7 Å². The van der Waals surface area contributed by atoms with Gasteiger partial charge in [0.05, 0.1) is 25.9 Å². The van der Waals surface area contributed by atoms with Gasteiger partial charge in [-0.15, -0.1) is 10.2 Å². The van der Waals surface area contributed by atoms with Crippen LogP contribution in [0.15, 0.2) is 48.5 Å². The van der Waals surface area contributed by atoms with Gasteiger partial charge in [0.1, 0.15) is 0 Å². The van der Waals surface area contributed by atoms with Crippen LogP contribution in [-0.2, 0) is 17.9 Å². The molecular formula is C18H18ClN5O3. The molecule has 8 nitrogen and oxygen atoms in total. The number of primary amides is 1. The fourth-order valence-electron chi connectivity index (χ4n) is 2.38. The van der Waals surface area contributed by atoms with Crippen LogP contribution in [0, 0.1) is 0 Å². The van der Waals surface area contributed by atoms with Crippen LogP contribution in [-0.4, -0.2) is 43.9 Å². The Labute approximate surface area is 160 Å². The molecule has 0 radical (unpaired) electrons. The van der Waals surface area contributed by atoms with Gasteiger partial charge in [-0.25, -0.2) is 0 Å². The molecular weight excluding hydrogens is 370 g/mol. The van der Waals surface area contributed by atoms with E-state index in [1.807, 2.05) is 18.2 Å². The van der Waals surface area contributed by atoms with Crippen LogP contribution >= 0.6 is 11.6 Å². The predicted molar refractivity (Wildman–Crippen MR) is 98.9 cm³/mol. The lowest BCUT2D eigenvalue weighted by Crippen LogP contribution is -2.23. The van der Waals surface area contributed by atoms with Crippen molar-refractivity contribution < 1.29 is 14.6 Å². The van der Waals surface area contributed by atoms with Crippen LogP contribution in [0.1, 0.15) is 15.9 Å². The molecule has 3 rings (SSSR count). The summed E-state index contributed by atoms with van der Waals surface area (Å²) >= 11 is 6.06. The fourth-order valence-corrected chi connectivity index (χ4v) is 2.57. The quantitative estimate of drug-likeness (QED) is 0.607. The second-order valence-corrected chi connectivity index (χ2v) is 6.28. The van der Waals surface area contributed by atoms with E-state index in [1.165, 1.54) is 4.80 Å². The first-order valence-corrected chi connectivity index (χ1v) is 8.58. The number of hydrogen-bond donors (Lipinski definition) is 2. The molecule has 0 saturated carbocycles. The summed E-state index contributed by atoms with van der Waals surface area (Å²) < 4.78 is 5.49. The fraction of sp³-hybridized carbons (Fsp3) is 0.222. The number of aliphatic hydroxyl groups is 1. The van der Waals surface area contributed by atoms with Crippen LogP contribution in [0.25, 0.3) is 11.4 Å². The Morgan fingerprint density at radius 3 is 2.67 bits per heavy atom. The van der Waals surface area contributed by atoms with Crippen molar-refractivity contribution in [2.24, 2.45) is 5.73 Å². The maximum Gasteiger partial charge on any atom is 0.248 e. The number of ether oxygens (including phenoxy) is 1. The zero-order chi connectivity index (χ0) is 19.2. The van der Waals surface area contributed by atoms with E-state index in [0.717, 1.165) is 5.56 Å². The molecule has 0 aliphatic rings. The Bertz CT molecular complexity index is 913. The average molecular weight is 388 g/mol. The van der Waals surface area contributed by atoms with Gasteiger partial charge in [-0.2, -0.15) is 4.80 Å². The molecule has 0 aliphatic carbocycles. The van der Waals surface area contributed by atoms with Gasteiger partial charge in [-0.1, -0.05) is 41.9 Å². The number of halogens is 1. The molecule has 0 unspecified atom stereocenters. The van der Waals surface area contributed by atoms with Crippen molar-refractivity contribution in [2.45, 2.75) is 19.3 Å². The smallest absolute Gasteiger partial charge is 0.248 e. The summed E-state index contributed by atoms with van der Waals surface area (Å²) in [4.78, 5) is 12.4. The highest BCUT2D eigenvalue weighted by Crippen LogP contribution is 2.16. The van der Waals surface area contributed by atoms with Gasteiger partial charge < -0.3 is 15.6 Å². The molecule has 1 atom stereocenters. The molecule has 0 fully saturated rings. The van der Waals surface area contributed by atoms with E-state index in [1.54, 1.807) is 30.3 Å². The van der Waals surface area contributed by atoms with Gasteiger partial charge in [-0.3, -0.25) is 4.79 Å². The first-order valence-electron chi connectivity index (χ1n) is 8.20. The second kappa shape index (κ2) is 8.72. The van der Waals surface area contributed by atoms with Gasteiger partial charge in [0.25, 0.3) is 0 Å². The summed E-state index contributed by atoms with van der Waals surface area (Å²) in [6, 6.07) is 13.9. The summed E-state index contributed by atoms with van der Waals surface area (Å²) in [5, 5.41) is 22.8. The van der Waals surface area contributed by atoms with Gasteiger partial charge >= 0.3 is 0 Å². The Balaban J connectivity index is 1.52. The molecule has 2 aromatic carbocycles. The summed E-state index contributed by atoms with van der Waals surface area (Å²) in [5.74, 6) is -0.117. The van der Waals surface area contributed by atoms with Crippen LogP contribution in [0.3, 0.4) is 0 Å². The van der Waals surface area contributed by atoms with Crippen molar-refractivity contribution in [3.8, 4) is 11.4 Å². The first kappa shape index (κ1) is 19.0. The number of amides is 1. The number of rotatable bonds is 8. The van der Waals surface area contributed by atoms with E-state index >= 15 is 0 Å². The summed E-state index contributed by atoms with van der Waals surface area (Å²) in [5.41, 5.74) is 7.16. The van der Waals surface area contributed by atoms with Gasteiger partial charge in [0.15, 0.2) is 0 Å². The Hall–Kier alpha value is -2.81. The maximum atomic E-state index is 11.1. The Morgan fingerprint density at radius 2 is 1.96 bits per heavy atom. The normalized spacial score (nSPS) is 12.1. The number of benzene rings is 2.